The van der Waals surface area contributed by atoms with Gasteiger partial charge >= 0.3 is 0 Å². The number of sulfonamides is 1. The van der Waals surface area contributed by atoms with E-state index in [1.807, 2.05) is 6.92 Å². The van der Waals surface area contributed by atoms with Crippen LogP contribution in [0.15, 0.2) is 29.2 Å². The third-order valence-electron chi connectivity index (χ3n) is 4.97. The maximum atomic E-state index is 12.7. The number of aryl methyl sites for hydroxylation is 1. The summed E-state index contributed by atoms with van der Waals surface area (Å²) in [4.78, 5) is 12.5. The van der Waals surface area contributed by atoms with Crippen LogP contribution >= 0.6 is 0 Å². The summed E-state index contributed by atoms with van der Waals surface area (Å²) in [6.07, 6.45) is 4.09. The van der Waals surface area contributed by atoms with Gasteiger partial charge in [-0.15, -0.1) is 0 Å². The molecule has 0 unspecified atom stereocenters. The summed E-state index contributed by atoms with van der Waals surface area (Å²) in [6, 6.07) is 6.34. The van der Waals surface area contributed by atoms with E-state index in [1.165, 1.54) is 4.31 Å². The molecule has 0 bridgehead atoms. The summed E-state index contributed by atoms with van der Waals surface area (Å²) in [5.41, 5.74) is 1.02. The lowest BCUT2D eigenvalue weighted by atomic mass is 9.61. The van der Waals surface area contributed by atoms with Crippen LogP contribution < -0.4 is 0 Å². The molecule has 5 heteroatoms. The lowest BCUT2D eigenvalue weighted by Crippen LogP contribution is -2.61. The van der Waals surface area contributed by atoms with Crippen molar-refractivity contribution in [2.45, 2.75) is 43.5 Å². The van der Waals surface area contributed by atoms with Crippen LogP contribution in [0.2, 0.25) is 0 Å². The fraction of sp³-hybridized carbons (Fsp3) is 0.562. The normalized spacial score (nSPS) is 29.1. The zero-order valence-electron chi connectivity index (χ0n) is 12.5. The molecule has 0 N–H and O–H groups in total. The van der Waals surface area contributed by atoms with Crippen molar-refractivity contribution >= 4 is 15.8 Å². The van der Waals surface area contributed by atoms with Crippen molar-refractivity contribution in [1.82, 2.24) is 4.31 Å². The van der Waals surface area contributed by atoms with E-state index in [4.69, 9.17) is 0 Å². The van der Waals surface area contributed by atoms with E-state index in [9.17, 15) is 13.2 Å². The standard InChI is InChI=1S/C16H21NO3S/c1-11-7-9-12(10-8-11)21(19,20)17(2)15-13-5-3-4-6-14(13)16(15)18/h7-10,13-15H,3-6H2,1-2H3/t13-,14+,15-/m0/s1. The fourth-order valence-electron chi connectivity index (χ4n) is 3.68. The molecule has 0 aliphatic heterocycles. The molecule has 2 aliphatic rings. The Morgan fingerprint density at radius 1 is 1.10 bits per heavy atom. The molecule has 0 saturated heterocycles. The Labute approximate surface area is 126 Å². The number of rotatable bonds is 3. The van der Waals surface area contributed by atoms with Gasteiger partial charge in [0, 0.05) is 13.0 Å². The highest BCUT2D eigenvalue weighted by Gasteiger charge is 2.54. The Bertz CT molecular complexity index is 651. The summed E-state index contributed by atoms with van der Waals surface area (Å²) in [6.45, 7) is 1.92. The number of likely N-dealkylation sites (N-methyl/N-ethyl adjacent to an activating group) is 1. The minimum absolute atomic E-state index is 0.0967. The Kier molecular flexibility index (Phi) is 3.66. The molecule has 21 heavy (non-hydrogen) atoms. The summed E-state index contributed by atoms with van der Waals surface area (Å²) in [7, 11) is -2.04. The predicted octanol–water partition coefficient (Wildman–Crippen LogP) is 2.37. The molecule has 0 amide bonds. The van der Waals surface area contributed by atoms with Crippen LogP contribution in [0.1, 0.15) is 31.2 Å². The summed E-state index contributed by atoms with van der Waals surface area (Å²) in [5, 5.41) is 0. The highest BCUT2D eigenvalue weighted by Crippen LogP contribution is 2.45. The van der Waals surface area contributed by atoms with Gasteiger partial charge in [-0.2, -0.15) is 4.31 Å². The van der Waals surface area contributed by atoms with E-state index in [2.05, 4.69) is 0 Å². The van der Waals surface area contributed by atoms with Crippen molar-refractivity contribution in [3.05, 3.63) is 29.8 Å². The van der Waals surface area contributed by atoms with Gasteiger partial charge in [0.15, 0.2) is 5.78 Å². The fourth-order valence-corrected chi connectivity index (χ4v) is 5.05. The van der Waals surface area contributed by atoms with Crippen LogP contribution in [0.3, 0.4) is 0 Å². The van der Waals surface area contributed by atoms with Gasteiger partial charge in [0.2, 0.25) is 10.0 Å². The first-order chi connectivity index (χ1) is 9.93. The van der Waals surface area contributed by atoms with Crippen molar-refractivity contribution in [1.29, 1.82) is 0 Å². The first-order valence-electron chi connectivity index (χ1n) is 7.51. The number of nitrogens with zero attached hydrogens (tertiary/aromatic N) is 1. The third-order valence-corrected chi connectivity index (χ3v) is 6.82. The Morgan fingerprint density at radius 2 is 1.71 bits per heavy atom. The van der Waals surface area contributed by atoms with Crippen molar-refractivity contribution in [3.8, 4) is 0 Å². The molecule has 2 fully saturated rings. The minimum Gasteiger partial charge on any atom is -0.298 e. The van der Waals surface area contributed by atoms with E-state index >= 15 is 0 Å². The van der Waals surface area contributed by atoms with Crippen molar-refractivity contribution < 1.29 is 13.2 Å². The van der Waals surface area contributed by atoms with Gasteiger partial charge in [-0.1, -0.05) is 30.5 Å². The number of fused-ring (bicyclic) bond motifs is 1. The summed E-state index contributed by atoms with van der Waals surface area (Å²) < 4.78 is 26.6. The van der Waals surface area contributed by atoms with Crippen LogP contribution in [-0.4, -0.2) is 31.6 Å². The molecule has 1 aromatic carbocycles. The first-order valence-corrected chi connectivity index (χ1v) is 8.95. The molecule has 0 radical (unpaired) electrons. The molecule has 0 heterocycles. The average molecular weight is 307 g/mol. The Hall–Kier alpha value is -1.20. The van der Waals surface area contributed by atoms with Gasteiger partial charge in [0.25, 0.3) is 0 Å². The van der Waals surface area contributed by atoms with E-state index in [0.717, 1.165) is 31.2 Å². The second kappa shape index (κ2) is 5.21. The monoisotopic (exact) mass is 307 g/mol. The molecule has 2 aliphatic carbocycles. The van der Waals surface area contributed by atoms with Crippen molar-refractivity contribution in [3.63, 3.8) is 0 Å². The molecule has 114 valence electrons. The van der Waals surface area contributed by atoms with E-state index in [0.29, 0.717) is 0 Å². The van der Waals surface area contributed by atoms with Gasteiger partial charge in [-0.05, 0) is 37.8 Å². The largest absolute Gasteiger partial charge is 0.298 e. The number of hydrogen-bond acceptors (Lipinski definition) is 3. The molecule has 0 spiro atoms. The maximum absolute atomic E-state index is 12.7. The summed E-state index contributed by atoms with van der Waals surface area (Å²) in [5.74, 6) is 0.425. The van der Waals surface area contributed by atoms with Crippen LogP contribution in [0.25, 0.3) is 0 Å². The Balaban J connectivity index is 1.86. The predicted molar refractivity (Wildman–Crippen MR) is 80.4 cm³/mol. The van der Waals surface area contributed by atoms with Crippen LogP contribution in [-0.2, 0) is 14.8 Å². The number of carbonyl (C=O) groups is 1. The van der Waals surface area contributed by atoms with E-state index in [1.54, 1.807) is 31.3 Å². The van der Waals surface area contributed by atoms with Crippen molar-refractivity contribution in [2.75, 3.05) is 7.05 Å². The van der Waals surface area contributed by atoms with Crippen molar-refractivity contribution in [2.24, 2.45) is 11.8 Å². The minimum atomic E-state index is -3.59. The lowest BCUT2D eigenvalue weighted by Gasteiger charge is -2.49. The molecule has 1 aromatic rings. The zero-order chi connectivity index (χ0) is 15.2. The number of carbonyl (C=O) groups excluding carboxylic acids is 1. The van der Waals surface area contributed by atoms with Gasteiger partial charge < -0.3 is 0 Å². The highest BCUT2D eigenvalue weighted by molar-refractivity contribution is 7.89. The smallest absolute Gasteiger partial charge is 0.243 e. The van der Waals surface area contributed by atoms with Gasteiger partial charge in [-0.3, -0.25) is 4.79 Å². The third kappa shape index (κ3) is 2.32. The molecular weight excluding hydrogens is 286 g/mol. The van der Waals surface area contributed by atoms with Crippen LogP contribution in [0, 0.1) is 18.8 Å². The van der Waals surface area contributed by atoms with Crippen LogP contribution in [0.4, 0.5) is 0 Å². The second-order valence-corrected chi connectivity index (χ2v) is 8.23. The number of benzene rings is 1. The first kappa shape index (κ1) is 14.7. The van der Waals surface area contributed by atoms with Gasteiger partial charge in [0.05, 0.1) is 10.9 Å². The van der Waals surface area contributed by atoms with Gasteiger partial charge in [-0.25, -0.2) is 8.42 Å². The van der Waals surface area contributed by atoms with Gasteiger partial charge in [0.1, 0.15) is 0 Å². The number of Topliss-reactive ketones (excluding diaryl/α,β-unsaturated/α-hetero) is 1. The molecule has 3 rings (SSSR count). The summed E-state index contributed by atoms with van der Waals surface area (Å²) >= 11 is 0. The Morgan fingerprint density at radius 3 is 2.38 bits per heavy atom. The molecular formula is C16H21NO3S. The second-order valence-electron chi connectivity index (χ2n) is 6.24. The maximum Gasteiger partial charge on any atom is 0.243 e. The van der Waals surface area contributed by atoms with Crippen LogP contribution in [0.5, 0.6) is 0 Å². The molecule has 4 nitrogen and oxygen atoms in total. The number of ketones is 1. The topological polar surface area (TPSA) is 54.5 Å². The van der Waals surface area contributed by atoms with E-state index in [-0.39, 0.29) is 22.5 Å². The SMILES string of the molecule is Cc1ccc(S(=O)(=O)N(C)[C@@H]2C(=O)[C@@H]3CCCC[C@H]23)cc1. The zero-order valence-corrected chi connectivity index (χ0v) is 13.3. The molecule has 2 saturated carbocycles. The quantitative estimate of drug-likeness (QED) is 0.861. The molecule has 3 atom stereocenters. The van der Waals surface area contributed by atoms with E-state index < -0.39 is 16.1 Å². The lowest BCUT2D eigenvalue weighted by molar-refractivity contribution is -0.144. The molecule has 0 aromatic heterocycles. The number of hydrogen-bond donors (Lipinski definition) is 0. The highest BCUT2D eigenvalue weighted by atomic mass is 32.2. The average Bonchev–Trinajstić information content (AvgIpc) is 2.47.